The minimum atomic E-state index is -3.06. The summed E-state index contributed by atoms with van der Waals surface area (Å²) >= 11 is 0. The van der Waals surface area contributed by atoms with E-state index in [2.05, 4.69) is 6.92 Å². The summed E-state index contributed by atoms with van der Waals surface area (Å²) < 4.78 is 24.2. The van der Waals surface area contributed by atoms with Crippen LogP contribution in [0.25, 0.3) is 0 Å². The summed E-state index contributed by atoms with van der Waals surface area (Å²) in [6.07, 6.45) is 0.956. The maximum Gasteiger partial charge on any atom is 0.282 e. The average molecular weight is 309 g/mol. The number of anilines is 1. The zero-order valence-corrected chi connectivity index (χ0v) is 13.0. The minimum Gasteiger partial charge on any atom is -0.322 e. The van der Waals surface area contributed by atoms with E-state index < -0.39 is 9.84 Å². The molecule has 2 heterocycles. The molecule has 0 bridgehead atoms. The van der Waals surface area contributed by atoms with E-state index in [1.165, 1.54) is 0 Å². The lowest BCUT2D eigenvalue weighted by atomic mass is 10.0. The number of para-hydroxylation sites is 1. The van der Waals surface area contributed by atoms with E-state index in [0.29, 0.717) is 6.54 Å². The Kier molecular flexibility index (Phi) is 3.75. The number of amides is 1. The number of quaternary nitrogens is 1. The maximum absolute atomic E-state index is 12.5. The quantitative estimate of drug-likeness (QED) is 0.818. The molecule has 1 unspecified atom stereocenters. The first-order valence-electron chi connectivity index (χ1n) is 7.44. The monoisotopic (exact) mass is 309 g/mol. The number of nitrogens with zero attached hydrogens (tertiary/aromatic N) is 1. The smallest absolute Gasteiger partial charge is 0.282 e. The second-order valence-electron chi connectivity index (χ2n) is 5.94. The first kappa shape index (κ1) is 14.5. The summed E-state index contributed by atoms with van der Waals surface area (Å²) in [6, 6.07) is 9.21. The zero-order chi connectivity index (χ0) is 15.0. The van der Waals surface area contributed by atoms with E-state index in [4.69, 9.17) is 0 Å². The zero-order valence-electron chi connectivity index (χ0n) is 12.2. The number of nitrogens with one attached hydrogen (secondary N) is 1. The Labute approximate surface area is 125 Å². The van der Waals surface area contributed by atoms with Gasteiger partial charge in [-0.1, -0.05) is 25.1 Å². The third-order valence-electron chi connectivity index (χ3n) is 4.43. The third-order valence-corrected chi connectivity index (χ3v) is 6.15. The number of hydrogen-bond donors (Lipinski definition) is 1. The van der Waals surface area contributed by atoms with Gasteiger partial charge in [-0.05, 0) is 18.6 Å². The van der Waals surface area contributed by atoms with E-state index in [-0.39, 0.29) is 29.5 Å². The van der Waals surface area contributed by atoms with Gasteiger partial charge in [0.05, 0.1) is 12.3 Å². The number of carbonyl (C=O) groups excluding carboxylic acids is 1. The SMILES string of the molecule is CCC[NH+]1CC(=O)N(c2ccccc2)[C@@H]2CS(=O)(=O)C[C@@H]21. The Morgan fingerprint density at radius 3 is 2.62 bits per heavy atom. The Bertz CT molecular complexity index is 630. The van der Waals surface area contributed by atoms with Crippen LogP contribution in [0, 0.1) is 0 Å². The van der Waals surface area contributed by atoms with E-state index in [9.17, 15) is 13.2 Å². The summed E-state index contributed by atoms with van der Waals surface area (Å²) in [6.45, 7) is 3.31. The van der Waals surface area contributed by atoms with Gasteiger partial charge in [0.15, 0.2) is 16.4 Å². The summed E-state index contributed by atoms with van der Waals surface area (Å²) in [5.74, 6) is 0.317. The fourth-order valence-corrected chi connectivity index (χ4v) is 5.63. The van der Waals surface area contributed by atoms with Crippen LogP contribution in [-0.2, 0) is 14.6 Å². The topological polar surface area (TPSA) is 58.9 Å². The van der Waals surface area contributed by atoms with Gasteiger partial charge < -0.3 is 4.90 Å². The maximum atomic E-state index is 12.5. The predicted molar refractivity (Wildman–Crippen MR) is 81.1 cm³/mol. The summed E-state index contributed by atoms with van der Waals surface area (Å²) in [4.78, 5) is 15.4. The molecule has 0 radical (unpaired) electrons. The van der Waals surface area contributed by atoms with Crippen LogP contribution in [0.1, 0.15) is 13.3 Å². The first-order chi connectivity index (χ1) is 10.0. The normalized spacial score (nSPS) is 31.2. The molecule has 2 aliphatic rings. The highest BCUT2D eigenvalue weighted by Gasteiger charge is 2.52. The van der Waals surface area contributed by atoms with Crippen LogP contribution in [0.2, 0.25) is 0 Å². The molecule has 1 aromatic rings. The molecular formula is C15H21N2O3S+. The van der Waals surface area contributed by atoms with Crippen LogP contribution in [0.4, 0.5) is 5.69 Å². The molecule has 2 fully saturated rings. The standard InChI is InChI=1S/C15H20N2O3S/c1-2-8-16-9-15(18)17(12-6-4-3-5-7-12)14-11-21(19,20)10-13(14)16/h3-7,13-14H,2,8-11H2,1H3/p+1/t13-,14+/m0/s1. The van der Waals surface area contributed by atoms with Crippen molar-refractivity contribution in [2.75, 3.05) is 29.5 Å². The number of carbonyl (C=O) groups is 1. The molecule has 0 aliphatic carbocycles. The summed E-state index contributed by atoms with van der Waals surface area (Å²) in [5.41, 5.74) is 0.810. The van der Waals surface area contributed by atoms with Gasteiger partial charge in [0.1, 0.15) is 17.8 Å². The van der Waals surface area contributed by atoms with Crippen LogP contribution in [0.3, 0.4) is 0 Å². The van der Waals surface area contributed by atoms with Crippen LogP contribution in [0.5, 0.6) is 0 Å². The Morgan fingerprint density at radius 2 is 1.95 bits per heavy atom. The van der Waals surface area contributed by atoms with Crippen LogP contribution in [-0.4, -0.2) is 51.0 Å². The van der Waals surface area contributed by atoms with Crippen LogP contribution < -0.4 is 9.80 Å². The second kappa shape index (κ2) is 5.42. The molecule has 0 saturated carbocycles. The van der Waals surface area contributed by atoms with Gasteiger partial charge in [0, 0.05) is 5.69 Å². The molecular weight excluding hydrogens is 288 g/mol. The van der Waals surface area contributed by atoms with Gasteiger partial charge in [-0.25, -0.2) is 8.42 Å². The van der Waals surface area contributed by atoms with E-state index >= 15 is 0 Å². The van der Waals surface area contributed by atoms with Crippen molar-refractivity contribution in [2.45, 2.75) is 25.4 Å². The molecule has 114 valence electrons. The van der Waals surface area contributed by atoms with Crippen molar-refractivity contribution in [1.29, 1.82) is 0 Å². The number of benzene rings is 1. The minimum absolute atomic E-state index is 0.00727. The predicted octanol–water partition coefficient (Wildman–Crippen LogP) is -0.506. The molecule has 0 aromatic heterocycles. The van der Waals surface area contributed by atoms with Crippen LogP contribution in [0.15, 0.2) is 30.3 Å². The molecule has 2 aliphatic heterocycles. The van der Waals surface area contributed by atoms with Gasteiger partial charge in [-0.15, -0.1) is 0 Å². The highest BCUT2D eigenvalue weighted by atomic mass is 32.2. The van der Waals surface area contributed by atoms with Gasteiger partial charge in [0.25, 0.3) is 5.91 Å². The molecule has 1 N–H and O–H groups in total. The Balaban J connectivity index is 1.97. The van der Waals surface area contributed by atoms with Gasteiger partial charge in [-0.3, -0.25) is 9.69 Å². The van der Waals surface area contributed by atoms with Gasteiger partial charge in [0.2, 0.25) is 0 Å². The van der Waals surface area contributed by atoms with Crippen LogP contribution >= 0.6 is 0 Å². The molecule has 3 rings (SSSR count). The molecule has 3 atom stereocenters. The van der Waals surface area contributed by atoms with E-state index in [1.54, 1.807) is 4.90 Å². The molecule has 21 heavy (non-hydrogen) atoms. The highest BCUT2D eigenvalue weighted by molar-refractivity contribution is 7.91. The lowest BCUT2D eigenvalue weighted by Crippen LogP contribution is -3.20. The number of sulfone groups is 1. The van der Waals surface area contributed by atoms with Crippen molar-refractivity contribution < 1.29 is 18.1 Å². The first-order valence-corrected chi connectivity index (χ1v) is 9.26. The lowest BCUT2D eigenvalue weighted by molar-refractivity contribution is -0.917. The average Bonchev–Trinajstić information content (AvgIpc) is 2.75. The van der Waals surface area contributed by atoms with Gasteiger partial charge in [-0.2, -0.15) is 0 Å². The second-order valence-corrected chi connectivity index (χ2v) is 8.09. The molecule has 0 spiro atoms. The molecule has 6 heteroatoms. The highest BCUT2D eigenvalue weighted by Crippen LogP contribution is 2.25. The number of piperazine rings is 1. The number of rotatable bonds is 3. The van der Waals surface area contributed by atoms with Crippen molar-refractivity contribution in [3.8, 4) is 0 Å². The largest absolute Gasteiger partial charge is 0.322 e. The molecule has 1 aromatic carbocycles. The number of hydrogen-bond acceptors (Lipinski definition) is 3. The fourth-order valence-electron chi connectivity index (χ4n) is 3.59. The Morgan fingerprint density at radius 1 is 1.24 bits per heavy atom. The van der Waals surface area contributed by atoms with Crippen molar-refractivity contribution in [1.82, 2.24) is 0 Å². The third kappa shape index (κ3) is 2.70. The fraction of sp³-hybridized carbons (Fsp3) is 0.533. The van der Waals surface area contributed by atoms with E-state index in [1.807, 2.05) is 30.3 Å². The summed E-state index contributed by atoms with van der Waals surface area (Å²) in [5, 5.41) is 0. The Hall–Kier alpha value is -1.40. The van der Waals surface area contributed by atoms with Crippen molar-refractivity contribution in [3.63, 3.8) is 0 Å². The van der Waals surface area contributed by atoms with Crippen molar-refractivity contribution in [3.05, 3.63) is 30.3 Å². The lowest BCUT2D eigenvalue weighted by Gasteiger charge is -2.40. The van der Waals surface area contributed by atoms with E-state index in [0.717, 1.165) is 23.6 Å². The molecule has 2 saturated heterocycles. The molecule has 5 nitrogen and oxygen atoms in total. The van der Waals surface area contributed by atoms with Gasteiger partial charge >= 0.3 is 0 Å². The number of fused-ring (bicyclic) bond motifs is 1. The van der Waals surface area contributed by atoms with Crippen molar-refractivity contribution >= 4 is 21.4 Å². The van der Waals surface area contributed by atoms with Crippen molar-refractivity contribution in [2.24, 2.45) is 0 Å². The summed E-state index contributed by atoms with van der Waals surface area (Å²) in [7, 11) is -3.06. The molecule has 1 amide bonds.